The van der Waals surface area contributed by atoms with Crippen LogP contribution in [0.5, 0.6) is 0 Å². The van der Waals surface area contributed by atoms with E-state index in [9.17, 15) is 4.79 Å². The lowest BCUT2D eigenvalue weighted by molar-refractivity contribution is 0.0697. The molecule has 0 saturated heterocycles. The van der Waals surface area contributed by atoms with Crippen LogP contribution < -0.4 is 0 Å². The van der Waals surface area contributed by atoms with E-state index in [1.165, 1.54) is 11.8 Å². The molecule has 0 aliphatic heterocycles. The zero-order valence-electron chi connectivity index (χ0n) is 10.1. The molecule has 2 rings (SSSR count). The molecule has 0 spiro atoms. The van der Waals surface area contributed by atoms with Crippen molar-refractivity contribution in [1.29, 1.82) is 5.26 Å². The van der Waals surface area contributed by atoms with Gasteiger partial charge in [-0.05, 0) is 43.3 Å². The molecule has 0 radical (unpaired) electrons. The third-order valence-electron chi connectivity index (χ3n) is 2.38. The molecule has 0 fully saturated rings. The Kier molecular flexibility index (Phi) is 3.83. The Morgan fingerprint density at radius 3 is 2.58 bits per heavy atom. The number of carbonyl (C=O) groups is 1. The summed E-state index contributed by atoms with van der Waals surface area (Å²) in [7, 11) is 0. The van der Waals surface area contributed by atoms with Crippen molar-refractivity contribution < 1.29 is 9.90 Å². The van der Waals surface area contributed by atoms with Gasteiger partial charge in [-0.15, -0.1) is 0 Å². The molecule has 0 bridgehead atoms. The SMILES string of the molecule is Cc1cc(C#N)cc(Sc2ccc(C(=O)O)cc2)n1. The summed E-state index contributed by atoms with van der Waals surface area (Å²) in [5.74, 6) is -0.947. The first-order valence-electron chi connectivity index (χ1n) is 5.48. The predicted octanol–water partition coefficient (Wildman–Crippen LogP) is 3.11. The highest BCUT2D eigenvalue weighted by Crippen LogP contribution is 2.27. The van der Waals surface area contributed by atoms with E-state index in [4.69, 9.17) is 10.4 Å². The highest BCUT2D eigenvalue weighted by Gasteiger charge is 2.05. The van der Waals surface area contributed by atoms with Gasteiger partial charge in [-0.25, -0.2) is 9.78 Å². The molecule has 1 heterocycles. The van der Waals surface area contributed by atoms with E-state index in [-0.39, 0.29) is 5.56 Å². The Morgan fingerprint density at radius 1 is 1.32 bits per heavy atom. The monoisotopic (exact) mass is 270 g/mol. The minimum atomic E-state index is -0.947. The maximum Gasteiger partial charge on any atom is 0.335 e. The Hall–Kier alpha value is -2.32. The van der Waals surface area contributed by atoms with Crippen molar-refractivity contribution in [3.05, 3.63) is 53.2 Å². The summed E-state index contributed by atoms with van der Waals surface area (Å²) in [6.45, 7) is 1.83. The molecule has 0 atom stereocenters. The minimum absolute atomic E-state index is 0.249. The van der Waals surface area contributed by atoms with Crippen molar-refractivity contribution in [2.24, 2.45) is 0 Å². The van der Waals surface area contributed by atoms with Gasteiger partial charge >= 0.3 is 5.97 Å². The molecule has 5 heteroatoms. The molecule has 1 aromatic heterocycles. The Balaban J connectivity index is 2.24. The van der Waals surface area contributed by atoms with Gasteiger partial charge in [0, 0.05) is 10.6 Å². The summed E-state index contributed by atoms with van der Waals surface area (Å²) in [6.07, 6.45) is 0. The molecule has 19 heavy (non-hydrogen) atoms. The molecule has 0 amide bonds. The smallest absolute Gasteiger partial charge is 0.335 e. The summed E-state index contributed by atoms with van der Waals surface area (Å²) < 4.78 is 0. The largest absolute Gasteiger partial charge is 0.478 e. The zero-order valence-corrected chi connectivity index (χ0v) is 10.9. The van der Waals surface area contributed by atoms with E-state index in [1.807, 2.05) is 6.92 Å². The number of carboxylic acids is 1. The molecular weight excluding hydrogens is 260 g/mol. The van der Waals surface area contributed by atoms with E-state index in [1.54, 1.807) is 36.4 Å². The van der Waals surface area contributed by atoms with Crippen molar-refractivity contribution in [3.8, 4) is 6.07 Å². The van der Waals surface area contributed by atoms with Crippen molar-refractivity contribution >= 4 is 17.7 Å². The molecule has 1 N–H and O–H groups in total. The molecule has 0 aliphatic rings. The highest BCUT2D eigenvalue weighted by molar-refractivity contribution is 7.99. The van der Waals surface area contributed by atoms with Gasteiger partial charge in [-0.3, -0.25) is 0 Å². The zero-order chi connectivity index (χ0) is 13.8. The molecule has 2 aromatic rings. The number of nitriles is 1. The lowest BCUT2D eigenvalue weighted by atomic mass is 10.2. The van der Waals surface area contributed by atoms with Crippen LogP contribution >= 0.6 is 11.8 Å². The number of rotatable bonds is 3. The van der Waals surface area contributed by atoms with Crippen LogP contribution in [0.1, 0.15) is 21.6 Å². The van der Waals surface area contributed by atoms with Crippen LogP contribution in [0.25, 0.3) is 0 Å². The molecule has 94 valence electrons. The van der Waals surface area contributed by atoms with Crippen LogP contribution in [0.15, 0.2) is 46.3 Å². The second kappa shape index (κ2) is 5.55. The number of aromatic carboxylic acids is 1. The maximum atomic E-state index is 10.7. The number of nitrogens with zero attached hydrogens (tertiary/aromatic N) is 2. The minimum Gasteiger partial charge on any atom is -0.478 e. The van der Waals surface area contributed by atoms with Crippen LogP contribution in [0.4, 0.5) is 0 Å². The topological polar surface area (TPSA) is 74.0 Å². The number of aromatic nitrogens is 1. The summed E-state index contributed by atoms with van der Waals surface area (Å²) in [5, 5.41) is 18.4. The van der Waals surface area contributed by atoms with Gasteiger partial charge in [0.15, 0.2) is 0 Å². The second-order valence-electron chi connectivity index (χ2n) is 3.88. The molecular formula is C14H10N2O2S. The number of hydrogen-bond acceptors (Lipinski definition) is 4. The van der Waals surface area contributed by atoms with Crippen LogP contribution in [0, 0.1) is 18.3 Å². The van der Waals surface area contributed by atoms with Gasteiger partial charge < -0.3 is 5.11 Å². The number of hydrogen-bond donors (Lipinski definition) is 1. The van der Waals surface area contributed by atoms with E-state index in [0.29, 0.717) is 5.56 Å². The van der Waals surface area contributed by atoms with Crippen molar-refractivity contribution in [3.63, 3.8) is 0 Å². The standard InChI is InChI=1S/C14H10N2O2S/c1-9-6-10(8-15)7-13(16-9)19-12-4-2-11(3-5-12)14(17)18/h2-7H,1H3,(H,17,18). The van der Waals surface area contributed by atoms with Gasteiger partial charge in [-0.1, -0.05) is 11.8 Å². The van der Waals surface area contributed by atoms with E-state index < -0.39 is 5.97 Å². The molecule has 0 unspecified atom stereocenters. The van der Waals surface area contributed by atoms with Gasteiger partial charge in [0.25, 0.3) is 0 Å². The number of benzene rings is 1. The Bertz CT molecular complexity index is 660. The average Bonchev–Trinajstić information content (AvgIpc) is 2.38. The van der Waals surface area contributed by atoms with E-state index >= 15 is 0 Å². The number of carboxylic acid groups (broad SMARTS) is 1. The average molecular weight is 270 g/mol. The fourth-order valence-corrected chi connectivity index (χ4v) is 2.43. The third kappa shape index (κ3) is 3.33. The fourth-order valence-electron chi connectivity index (χ4n) is 1.54. The number of pyridine rings is 1. The normalized spacial score (nSPS) is 9.89. The van der Waals surface area contributed by atoms with Crippen molar-refractivity contribution in [2.75, 3.05) is 0 Å². The van der Waals surface area contributed by atoms with Crippen LogP contribution in [-0.2, 0) is 0 Å². The lowest BCUT2D eigenvalue weighted by Crippen LogP contribution is -1.94. The summed E-state index contributed by atoms with van der Waals surface area (Å²) in [6, 6.07) is 12.1. The summed E-state index contributed by atoms with van der Waals surface area (Å²) in [4.78, 5) is 16.0. The number of aryl methyl sites for hydroxylation is 1. The van der Waals surface area contributed by atoms with Gasteiger partial charge in [0.2, 0.25) is 0 Å². The first kappa shape index (κ1) is 13.1. The van der Waals surface area contributed by atoms with Crippen molar-refractivity contribution in [2.45, 2.75) is 16.8 Å². The Labute approximate surface area is 114 Å². The van der Waals surface area contributed by atoms with Gasteiger partial charge in [0.05, 0.1) is 17.2 Å². The first-order valence-corrected chi connectivity index (χ1v) is 6.30. The molecule has 1 aromatic carbocycles. The Morgan fingerprint density at radius 2 is 2.00 bits per heavy atom. The van der Waals surface area contributed by atoms with E-state index in [2.05, 4.69) is 11.1 Å². The van der Waals surface area contributed by atoms with Gasteiger partial charge in [-0.2, -0.15) is 5.26 Å². The van der Waals surface area contributed by atoms with Gasteiger partial charge in [0.1, 0.15) is 5.03 Å². The quantitative estimate of drug-likeness (QED) is 0.927. The van der Waals surface area contributed by atoms with Crippen LogP contribution in [0.2, 0.25) is 0 Å². The predicted molar refractivity (Wildman–Crippen MR) is 71.2 cm³/mol. The molecule has 0 saturated carbocycles. The summed E-state index contributed by atoms with van der Waals surface area (Å²) >= 11 is 1.40. The second-order valence-corrected chi connectivity index (χ2v) is 4.97. The fraction of sp³-hybridized carbons (Fsp3) is 0.0714. The van der Waals surface area contributed by atoms with Crippen molar-refractivity contribution in [1.82, 2.24) is 4.98 Å². The highest BCUT2D eigenvalue weighted by atomic mass is 32.2. The van der Waals surface area contributed by atoms with E-state index in [0.717, 1.165) is 15.6 Å². The first-order chi connectivity index (χ1) is 9.08. The summed E-state index contributed by atoms with van der Waals surface area (Å²) in [5.41, 5.74) is 1.60. The maximum absolute atomic E-state index is 10.7. The van der Waals surface area contributed by atoms with Crippen LogP contribution in [-0.4, -0.2) is 16.1 Å². The third-order valence-corrected chi connectivity index (χ3v) is 3.31. The lowest BCUT2D eigenvalue weighted by Gasteiger charge is -2.03. The molecule has 0 aliphatic carbocycles. The molecule has 4 nitrogen and oxygen atoms in total. The van der Waals surface area contributed by atoms with Crippen LogP contribution in [0.3, 0.4) is 0 Å².